The fourth-order valence-electron chi connectivity index (χ4n) is 2.35. The highest BCUT2D eigenvalue weighted by Crippen LogP contribution is 2.15. The predicted octanol–water partition coefficient (Wildman–Crippen LogP) is 4.98. The van der Waals surface area contributed by atoms with Crippen molar-refractivity contribution < 1.29 is 14.3 Å². The molecule has 3 heteroatoms. The summed E-state index contributed by atoms with van der Waals surface area (Å²) in [5.41, 5.74) is 0. The number of rotatable bonds is 12. The lowest BCUT2D eigenvalue weighted by Gasteiger charge is -2.00. The van der Waals surface area contributed by atoms with Gasteiger partial charge < -0.3 is 9.52 Å². The summed E-state index contributed by atoms with van der Waals surface area (Å²) in [5, 5.41) is 8.53. The number of carboxylic acid groups (broad SMARTS) is 1. The minimum Gasteiger partial charge on any atom is -0.481 e. The molecule has 0 saturated carbocycles. The molecule has 0 saturated heterocycles. The zero-order valence-electron chi connectivity index (χ0n) is 12.7. The van der Waals surface area contributed by atoms with Crippen LogP contribution in [0.2, 0.25) is 0 Å². The van der Waals surface area contributed by atoms with Gasteiger partial charge >= 0.3 is 5.97 Å². The van der Waals surface area contributed by atoms with Gasteiger partial charge in [-0.3, -0.25) is 4.79 Å². The maximum atomic E-state index is 10.4. The van der Waals surface area contributed by atoms with E-state index in [1.807, 2.05) is 0 Å². The second-order valence-electron chi connectivity index (χ2n) is 5.49. The number of hydrogen-bond acceptors (Lipinski definition) is 2. The van der Waals surface area contributed by atoms with Crippen LogP contribution in [0.25, 0.3) is 0 Å². The maximum absolute atomic E-state index is 10.4. The van der Waals surface area contributed by atoms with Gasteiger partial charge in [0.15, 0.2) is 0 Å². The summed E-state index contributed by atoms with van der Waals surface area (Å²) in [5.74, 6) is 1.54. The van der Waals surface area contributed by atoms with E-state index in [9.17, 15) is 4.79 Å². The number of hydrogen-bond donors (Lipinski definition) is 1. The summed E-state index contributed by atoms with van der Waals surface area (Å²) < 4.78 is 5.81. The molecule has 0 amide bonds. The number of furan rings is 1. The molecule has 1 heterocycles. The standard InChI is InChI=1S/C17H28O3/c1-2-3-7-10-15-13-14-16(20-15)11-8-5-4-6-9-12-17(18)19/h13-14H,2-12H2,1H3,(H,18,19). The number of unbranched alkanes of at least 4 members (excludes halogenated alkanes) is 6. The van der Waals surface area contributed by atoms with Crippen LogP contribution >= 0.6 is 0 Å². The van der Waals surface area contributed by atoms with E-state index < -0.39 is 5.97 Å². The van der Waals surface area contributed by atoms with Crippen molar-refractivity contribution in [2.75, 3.05) is 0 Å². The Morgan fingerprint density at radius 1 is 0.950 bits per heavy atom. The first-order valence-corrected chi connectivity index (χ1v) is 8.01. The SMILES string of the molecule is CCCCCc1ccc(CCCCCCCC(=O)O)o1. The van der Waals surface area contributed by atoms with E-state index in [-0.39, 0.29) is 0 Å². The van der Waals surface area contributed by atoms with Gasteiger partial charge in [-0.25, -0.2) is 0 Å². The molecule has 0 bridgehead atoms. The lowest BCUT2D eigenvalue weighted by molar-refractivity contribution is -0.137. The van der Waals surface area contributed by atoms with Crippen molar-refractivity contribution in [2.24, 2.45) is 0 Å². The number of carbonyl (C=O) groups is 1. The Hall–Kier alpha value is -1.25. The fraction of sp³-hybridized carbons (Fsp3) is 0.706. The van der Waals surface area contributed by atoms with Crippen molar-refractivity contribution in [3.63, 3.8) is 0 Å². The topological polar surface area (TPSA) is 50.4 Å². The smallest absolute Gasteiger partial charge is 0.303 e. The number of carboxylic acids is 1. The molecule has 1 N–H and O–H groups in total. The van der Waals surface area contributed by atoms with Gasteiger partial charge in [0.25, 0.3) is 0 Å². The molecule has 0 aliphatic carbocycles. The van der Waals surface area contributed by atoms with E-state index in [1.54, 1.807) is 0 Å². The second kappa shape index (κ2) is 10.5. The molecule has 0 aromatic carbocycles. The molecule has 0 radical (unpaired) electrons. The Kier molecular flexibility index (Phi) is 8.84. The first-order chi connectivity index (χ1) is 9.72. The summed E-state index contributed by atoms with van der Waals surface area (Å²) in [6, 6.07) is 4.21. The van der Waals surface area contributed by atoms with Crippen LogP contribution in [0.3, 0.4) is 0 Å². The molecule has 1 rings (SSSR count). The monoisotopic (exact) mass is 280 g/mol. The van der Waals surface area contributed by atoms with Crippen LogP contribution in [-0.2, 0) is 17.6 Å². The highest BCUT2D eigenvalue weighted by Gasteiger charge is 2.02. The summed E-state index contributed by atoms with van der Waals surface area (Å²) in [6.07, 6.45) is 11.3. The maximum Gasteiger partial charge on any atom is 0.303 e. The van der Waals surface area contributed by atoms with Gasteiger partial charge in [-0.2, -0.15) is 0 Å². The normalized spacial score (nSPS) is 10.8. The van der Waals surface area contributed by atoms with Crippen molar-refractivity contribution in [3.8, 4) is 0 Å². The van der Waals surface area contributed by atoms with Gasteiger partial charge in [0, 0.05) is 19.3 Å². The molecule has 0 fully saturated rings. The molecule has 0 aliphatic heterocycles. The van der Waals surface area contributed by atoms with Crippen LogP contribution in [0.5, 0.6) is 0 Å². The van der Waals surface area contributed by atoms with Crippen LogP contribution < -0.4 is 0 Å². The average molecular weight is 280 g/mol. The highest BCUT2D eigenvalue weighted by molar-refractivity contribution is 5.66. The Morgan fingerprint density at radius 2 is 1.50 bits per heavy atom. The van der Waals surface area contributed by atoms with Crippen LogP contribution in [-0.4, -0.2) is 11.1 Å². The molecule has 0 spiro atoms. The minimum absolute atomic E-state index is 0.305. The third-order valence-electron chi connectivity index (χ3n) is 3.56. The van der Waals surface area contributed by atoms with Crippen molar-refractivity contribution >= 4 is 5.97 Å². The molecule has 0 unspecified atom stereocenters. The van der Waals surface area contributed by atoms with Crippen molar-refractivity contribution in [1.82, 2.24) is 0 Å². The van der Waals surface area contributed by atoms with E-state index in [2.05, 4.69) is 19.1 Å². The number of aryl methyl sites for hydroxylation is 2. The molecular weight excluding hydrogens is 252 g/mol. The summed E-state index contributed by atoms with van der Waals surface area (Å²) in [7, 11) is 0. The van der Waals surface area contributed by atoms with Crippen molar-refractivity contribution in [3.05, 3.63) is 23.7 Å². The first kappa shape index (κ1) is 16.8. The summed E-state index contributed by atoms with van der Waals surface area (Å²) >= 11 is 0. The van der Waals surface area contributed by atoms with Gasteiger partial charge in [0.2, 0.25) is 0 Å². The largest absolute Gasteiger partial charge is 0.481 e. The Balaban J connectivity index is 2.03. The molecular formula is C17H28O3. The Labute approximate surface area is 122 Å². The van der Waals surface area contributed by atoms with Crippen LogP contribution in [0.1, 0.15) is 76.2 Å². The van der Waals surface area contributed by atoms with Crippen molar-refractivity contribution in [2.45, 2.75) is 77.6 Å². The summed E-state index contributed by atoms with van der Waals surface area (Å²) in [6.45, 7) is 2.21. The third-order valence-corrected chi connectivity index (χ3v) is 3.56. The van der Waals surface area contributed by atoms with Crippen molar-refractivity contribution in [1.29, 1.82) is 0 Å². The van der Waals surface area contributed by atoms with E-state index in [0.717, 1.165) is 56.5 Å². The molecule has 3 nitrogen and oxygen atoms in total. The average Bonchev–Trinajstić information content (AvgIpc) is 2.85. The zero-order chi connectivity index (χ0) is 14.6. The van der Waals surface area contributed by atoms with E-state index in [0.29, 0.717) is 6.42 Å². The van der Waals surface area contributed by atoms with Crippen LogP contribution in [0.15, 0.2) is 16.5 Å². The fourth-order valence-corrected chi connectivity index (χ4v) is 2.35. The van der Waals surface area contributed by atoms with Gasteiger partial charge in [0.05, 0.1) is 0 Å². The minimum atomic E-state index is -0.684. The molecule has 1 aromatic heterocycles. The molecule has 0 atom stereocenters. The molecule has 0 aliphatic rings. The van der Waals surface area contributed by atoms with E-state index in [4.69, 9.17) is 9.52 Å². The third kappa shape index (κ3) is 8.03. The van der Waals surface area contributed by atoms with Gasteiger partial charge in [-0.05, 0) is 31.4 Å². The van der Waals surface area contributed by atoms with Crippen LogP contribution in [0, 0.1) is 0 Å². The van der Waals surface area contributed by atoms with Crippen LogP contribution in [0.4, 0.5) is 0 Å². The predicted molar refractivity (Wildman–Crippen MR) is 81.0 cm³/mol. The molecule has 114 valence electrons. The zero-order valence-corrected chi connectivity index (χ0v) is 12.7. The van der Waals surface area contributed by atoms with Gasteiger partial charge in [0.1, 0.15) is 11.5 Å². The van der Waals surface area contributed by atoms with Gasteiger partial charge in [-0.1, -0.05) is 39.0 Å². The van der Waals surface area contributed by atoms with E-state index in [1.165, 1.54) is 19.3 Å². The quantitative estimate of drug-likeness (QED) is 0.549. The highest BCUT2D eigenvalue weighted by atomic mass is 16.4. The molecule has 20 heavy (non-hydrogen) atoms. The number of aliphatic carboxylic acids is 1. The Morgan fingerprint density at radius 3 is 2.10 bits per heavy atom. The van der Waals surface area contributed by atoms with Gasteiger partial charge in [-0.15, -0.1) is 0 Å². The summed E-state index contributed by atoms with van der Waals surface area (Å²) in [4.78, 5) is 10.4. The molecule has 1 aromatic rings. The Bertz CT molecular complexity index is 368. The first-order valence-electron chi connectivity index (χ1n) is 8.01. The second-order valence-corrected chi connectivity index (χ2v) is 5.49. The lowest BCUT2D eigenvalue weighted by Crippen LogP contribution is -1.93. The van der Waals surface area contributed by atoms with E-state index >= 15 is 0 Å². The lowest BCUT2D eigenvalue weighted by atomic mass is 10.1.